The highest BCUT2D eigenvalue weighted by molar-refractivity contribution is 5.77. The third-order valence-electron chi connectivity index (χ3n) is 3.30. The van der Waals surface area contributed by atoms with Crippen LogP contribution < -0.4 is 5.73 Å². The average molecular weight is 230 g/mol. The SMILES string of the molecule is CCC(C)N(CC)C(C)CC(C)(N)C(=O)O. The molecule has 0 rings (SSSR count). The number of aliphatic carboxylic acids is 1. The molecule has 0 bridgehead atoms. The minimum atomic E-state index is -1.14. The van der Waals surface area contributed by atoms with Gasteiger partial charge in [-0.1, -0.05) is 13.8 Å². The molecule has 3 unspecified atom stereocenters. The number of carboxylic acids is 1. The van der Waals surface area contributed by atoms with E-state index < -0.39 is 11.5 Å². The van der Waals surface area contributed by atoms with Crippen LogP contribution in [0.3, 0.4) is 0 Å². The molecule has 0 amide bonds. The van der Waals surface area contributed by atoms with Crippen LogP contribution in [0.2, 0.25) is 0 Å². The van der Waals surface area contributed by atoms with Gasteiger partial charge in [0.25, 0.3) is 0 Å². The summed E-state index contributed by atoms with van der Waals surface area (Å²) in [4.78, 5) is 13.3. The first-order valence-electron chi connectivity index (χ1n) is 6.04. The average Bonchev–Trinajstić information content (AvgIpc) is 2.17. The van der Waals surface area contributed by atoms with E-state index in [9.17, 15) is 4.79 Å². The molecular formula is C12H26N2O2. The summed E-state index contributed by atoms with van der Waals surface area (Å²) < 4.78 is 0. The van der Waals surface area contributed by atoms with E-state index in [1.54, 1.807) is 6.92 Å². The Kier molecular flexibility index (Phi) is 5.97. The topological polar surface area (TPSA) is 66.6 Å². The monoisotopic (exact) mass is 230 g/mol. The molecule has 3 N–H and O–H groups in total. The van der Waals surface area contributed by atoms with Gasteiger partial charge in [-0.2, -0.15) is 0 Å². The molecule has 0 saturated heterocycles. The molecular weight excluding hydrogens is 204 g/mol. The van der Waals surface area contributed by atoms with E-state index in [1.807, 2.05) is 6.92 Å². The van der Waals surface area contributed by atoms with Crippen LogP contribution in [0.5, 0.6) is 0 Å². The predicted molar refractivity (Wildman–Crippen MR) is 66.4 cm³/mol. The van der Waals surface area contributed by atoms with Crippen molar-refractivity contribution in [2.75, 3.05) is 6.54 Å². The number of hydrogen-bond donors (Lipinski definition) is 2. The van der Waals surface area contributed by atoms with Crippen LogP contribution in [0, 0.1) is 0 Å². The van der Waals surface area contributed by atoms with Crippen molar-refractivity contribution in [3.05, 3.63) is 0 Å². The van der Waals surface area contributed by atoms with Gasteiger partial charge in [-0.05, 0) is 40.2 Å². The summed E-state index contributed by atoms with van der Waals surface area (Å²) in [6.45, 7) is 10.9. The van der Waals surface area contributed by atoms with E-state index >= 15 is 0 Å². The number of hydrogen-bond acceptors (Lipinski definition) is 3. The Bertz CT molecular complexity index is 229. The Hall–Kier alpha value is -0.610. The Morgan fingerprint density at radius 3 is 2.19 bits per heavy atom. The third kappa shape index (κ3) is 4.10. The molecule has 0 heterocycles. The van der Waals surface area contributed by atoms with Crippen LogP contribution in [0.25, 0.3) is 0 Å². The normalized spacial score (nSPS) is 19.2. The molecule has 0 aliphatic carbocycles. The molecule has 16 heavy (non-hydrogen) atoms. The van der Waals surface area contributed by atoms with Gasteiger partial charge in [0, 0.05) is 12.1 Å². The van der Waals surface area contributed by atoms with Crippen molar-refractivity contribution in [2.24, 2.45) is 5.73 Å². The van der Waals surface area contributed by atoms with Crippen molar-refractivity contribution in [2.45, 2.75) is 65.1 Å². The Morgan fingerprint density at radius 1 is 1.38 bits per heavy atom. The summed E-state index contributed by atoms with van der Waals surface area (Å²) >= 11 is 0. The van der Waals surface area contributed by atoms with Crippen molar-refractivity contribution >= 4 is 5.97 Å². The predicted octanol–water partition coefficient (Wildman–Crippen LogP) is 1.69. The molecule has 0 fully saturated rings. The molecule has 0 aliphatic heterocycles. The lowest BCUT2D eigenvalue weighted by atomic mass is 9.93. The highest BCUT2D eigenvalue weighted by atomic mass is 16.4. The van der Waals surface area contributed by atoms with E-state index in [-0.39, 0.29) is 6.04 Å². The molecule has 4 heteroatoms. The maximum Gasteiger partial charge on any atom is 0.323 e. The van der Waals surface area contributed by atoms with Gasteiger partial charge in [-0.15, -0.1) is 0 Å². The Morgan fingerprint density at radius 2 is 1.88 bits per heavy atom. The quantitative estimate of drug-likeness (QED) is 0.698. The van der Waals surface area contributed by atoms with E-state index in [0.29, 0.717) is 12.5 Å². The smallest absolute Gasteiger partial charge is 0.323 e. The number of nitrogens with zero attached hydrogens (tertiary/aromatic N) is 1. The first kappa shape index (κ1) is 15.4. The fourth-order valence-corrected chi connectivity index (χ4v) is 2.11. The molecule has 0 aromatic carbocycles. The van der Waals surface area contributed by atoms with Crippen LogP contribution in [0.1, 0.15) is 47.5 Å². The molecule has 3 atom stereocenters. The van der Waals surface area contributed by atoms with Crippen LogP contribution >= 0.6 is 0 Å². The number of nitrogens with two attached hydrogens (primary N) is 1. The molecule has 4 nitrogen and oxygen atoms in total. The van der Waals surface area contributed by atoms with Gasteiger partial charge in [-0.3, -0.25) is 9.69 Å². The van der Waals surface area contributed by atoms with Gasteiger partial charge in [0.2, 0.25) is 0 Å². The minimum Gasteiger partial charge on any atom is -0.480 e. The molecule has 0 spiro atoms. The zero-order valence-electron chi connectivity index (χ0n) is 11.2. The number of carbonyl (C=O) groups is 1. The minimum absolute atomic E-state index is 0.186. The molecule has 0 aromatic rings. The van der Waals surface area contributed by atoms with Crippen molar-refractivity contribution in [1.29, 1.82) is 0 Å². The Balaban J connectivity index is 4.53. The van der Waals surface area contributed by atoms with Gasteiger partial charge in [0.15, 0.2) is 0 Å². The summed E-state index contributed by atoms with van der Waals surface area (Å²) in [5, 5.41) is 9.00. The lowest BCUT2D eigenvalue weighted by Gasteiger charge is -2.36. The third-order valence-corrected chi connectivity index (χ3v) is 3.30. The second kappa shape index (κ2) is 6.21. The molecule has 0 aliphatic rings. The second-order valence-corrected chi connectivity index (χ2v) is 4.86. The van der Waals surface area contributed by atoms with Crippen LogP contribution in [-0.4, -0.2) is 40.1 Å². The molecule has 96 valence electrons. The fraction of sp³-hybridized carbons (Fsp3) is 0.917. The van der Waals surface area contributed by atoms with Gasteiger partial charge < -0.3 is 10.8 Å². The van der Waals surface area contributed by atoms with Gasteiger partial charge in [0.1, 0.15) is 5.54 Å². The molecule has 0 saturated carbocycles. The van der Waals surface area contributed by atoms with E-state index in [1.165, 1.54) is 0 Å². The Labute approximate surface area is 98.8 Å². The summed E-state index contributed by atoms with van der Waals surface area (Å²) in [5.74, 6) is -0.931. The molecule has 0 aromatic heterocycles. The zero-order valence-corrected chi connectivity index (χ0v) is 11.2. The summed E-state index contributed by atoms with van der Waals surface area (Å²) in [6, 6.07) is 0.649. The van der Waals surface area contributed by atoms with Crippen molar-refractivity contribution in [1.82, 2.24) is 4.90 Å². The zero-order chi connectivity index (χ0) is 12.9. The maximum atomic E-state index is 11.0. The first-order chi connectivity index (χ1) is 7.26. The highest BCUT2D eigenvalue weighted by Crippen LogP contribution is 2.17. The van der Waals surface area contributed by atoms with Gasteiger partial charge >= 0.3 is 5.97 Å². The summed E-state index contributed by atoms with van der Waals surface area (Å²) in [5.41, 5.74) is 4.63. The lowest BCUT2D eigenvalue weighted by molar-refractivity contribution is -0.143. The van der Waals surface area contributed by atoms with Crippen molar-refractivity contribution in [3.63, 3.8) is 0 Å². The second-order valence-electron chi connectivity index (χ2n) is 4.86. The first-order valence-corrected chi connectivity index (χ1v) is 6.04. The van der Waals surface area contributed by atoms with Gasteiger partial charge in [-0.25, -0.2) is 0 Å². The van der Waals surface area contributed by atoms with Crippen LogP contribution in [0.4, 0.5) is 0 Å². The van der Waals surface area contributed by atoms with E-state index in [4.69, 9.17) is 10.8 Å². The highest BCUT2D eigenvalue weighted by Gasteiger charge is 2.32. The van der Waals surface area contributed by atoms with Gasteiger partial charge in [0.05, 0.1) is 0 Å². The van der Waals surface area contributed by atoms with E-state index in [0.717, 1.165) is 13.0 Å². The summed E-state index contributed by atoms with van der Waals surface area (Å²) in [7, 11) is 0. The standard InChI is InChI=1S/C12H26N2O2/c1-6-9(3)14(7-2)10(4)8-12(5,13)11(15)16/h9-10H,6-8,13H2,1-5H3,(H,15,16). The summed E-state index contributed by atoms with van der Waals surface area (Å²) in [6.07, 6.45) is 1.53. The maximum absolute atomic E-state index is 11.0. The largest absolute Gasteiger partial charge is 0.480 e. The van der Waals surface area contributed by atoms with Crippen LogP contribution in [-0.2, 0) is 4.79 Å². The lowest BCUT2D eigenvalue weighted by Crippen LogP contribution is -2.51. The van der Waals surface area contributed by atoms with Crippen LogP contribution in [0.15, 0.2) is 0 Å². The van der Waals surface area contributed by atoms with Crippen molar-refractivity contribution < 1.29 is 9.90 Å². The number of carboxylic acid groups (broad SMARTS) is 1. The fourth-order valence-electron chi connectivity index (χ4n) is 2.11. The van der Waals surface area contributed by atoms with E-state index in [2.05, 4.69) is 25.7 Å². The van der Waals surface area contributed by atoms with Crippen molar-refractivity contribution in [3.8, 4) is 0 Å². The molecule has 0 radical (unpaired) electrons. The number of rotatable bonds is 7.